The van der Waals surface area contributed by atoms with Gasteiger partial charge in [-0.15, -0.1) is 0 Å². The van der Waals surface area contributed by atoms with Gasteiger partial charge in [-0.1, -0.05) is 41.9 Å². The topological polar surface area (TPSA) is 44.8 Å². The largest absolute Gasteiger partial charge is 0.458 e. The van der Waals surface area contributed by atoms with Crippen molar-refractivity contribution >= 4 is 17.6 Å². The average Bonchev–Trinajstić information content (AvgIpc) is 2.64. The molecule has 4 nitrogen and oxygen atoms in total. The molecule has 0 amide bonds. The molecule has 0 aromatic heterocycles. The summed E-state index contributed by atoms with van der Waals surface area (Å²) in [6.45, 7) is -0.0444. The van der Waals surface area contributed by atoms with Crippen molar-refractivity contribution in [2.24, 2.45) is 0 Å². The van der Waals surface area contributed by atoms with Crippen LogP contribution in [0, 0.1) is 0 Å². The van der Waals surface area contributed by atoms with Crippen molar-refractivity contribution in [2.45, 2.75) is 0 Å². The Morgan fingerprint density at radius 2 is 1.44 bits per heavy atom. The van der Waals surface area contributed by atoms with Crippen molar-refractivity contribution in [3.63, 3.8) is 0 Å². The molecule has 5 heteroatoms. The van der Waals surface area contributed by atoms with Gasteiger partial charge in [0.2, 0.25) is 6.79 Å². The van der Waals surface area contributed by atoms with E-state index in [1.165, 1.54) is 0 Å². The second-order valence-electron chi connectivity index (χ2n) is 5.06. The maximum atomic E-state index is 12.3. The Bertz CT molecular complexity index is 832. The van der Waals surface area contributed by atoms with E-state index < -0.39 is 5.97 Å². The molecule has 3 aromatic rings. The summed E-state index contributed by atoms with van der Waals surface area (Å²) in [6.07, 6.45) is 0. The minimum atomic E-state index is -0.492. The third-order valence-electron chi connectivity index (χ3n) is 3.31. The maximum absolute atomic E-state index is 12.3. The van der Waals surface area contributed by atoms with Crippen LogP contribution in [-0.2, 0) is 0 Å². The van der Waals surface area contributed by atoms with Crippen LogP contribution in [0.2, 0.25) is 5.02 Å². The van der Waals surface area contributed by atoms with Gasteiger partial charge in [0.05, 0.1) is 0 Å². The van der Waals surface area contributed by atoms with E-state index in [-0.39, 0.29) is 6.79 Å². The molecule has 0 aliphatic carbocycles. The number of hydrogen-bond donors (Lipinski definition) is 0. The third-order valence-corrected chi connectivity index (χ3v) is 3.57. The van der Waals surface area contributed by atoms with Gasteiger partial charge >= 0.3 is 5.97 Å². The van der Waals surface area contributed by atoms with Gasteiger partial charge in [-0.3, -0.25) is 0 Å². The normalized spacial score (nSPS) is 10.1. The molecule has 0 aliphatic heterocycles. The molecular weight excluding hydrogens is 340 g/mol. The molecule has 0 N–H and O–H groups in total. The van der Waals surface area contributed by atoms with Crippen LogP contribution in [0.25, 0.3) is 0 Å². The molecule has 0 atom stereocenters. The molecule has 0 heterocycles. The van der Waals surface area contributed by atoms with Gasteiger partial charge in [-0.25, -0.2) is 4.79 Å². The summed E-state index contributed by atoms with van der Waals surface area (Å²) in [6, 6.07) is 22.6. The van der Waals surface area contributed by atoms with E-state index in [4.69, 9.17) is 25.8 Å². The number of ether oxygens (including phenoxy) is 3. The molecule has 0 bridgehead atoms. The molecular formula is C20H15ClO4. The first-order valence-corrected chi connectivity index (χ1v) is 7.97. The predicted octanol–water partition coefficient (Wildman–Crippen LogP) is 4.97. The van der Waals surface area contributed by atoms with Gasteiger partial charge in [-0.2, -0.15) is 0 Å². The molecule has 3 rings (SSSR count). The highest BCUT2D eigenvalue weighted by Gasteiger charge is 2.14. The Morgan fingerprint density at radius 1 is 0.760 bits per heavy atom. The van der Waals surface area contributed by atoms with Gasteiger partial charge in [0.25, 0.3) is 0 Å². The monoisotopic (exact) mass is 354 g/mol. The van der Waals surface area contributed by atoms with Gasteiger partial charge < -0.3 is 14.2 Å². The molecule has 25 heavy (non-hydrogen) atoms. The van der Waals surface area contributed by atoms with Crippen molar-refractivity contribution in [1.82, 2.24) is 0 Å². The summed E-state index contributed by atoms with van der Waals surface area (Å²) >= 11 is 5.83. The molecule has 0 saturated heterocycles. The number of rotatable bonds is 6. The first-order valence-electron chi connectivity index (χ1n) is 7.60. The highest BCUT2D eigenvalue weighted by molar-refractivity contribution is 6.30. The smallest absolute Gasteiger partial charge is 0.347 e. The van der Waals surface area contributed by atoms with E-state index in [0.29, 0.717) is 27.8 Å². The SMILES string of the molecule is O=C(Oc1ccccc1)c1ccccc1OCOc1ccc(Cl)cc1. The van der Waals surface area contributed by atoms with Crippen molar-refractivity contribution < 1.29 is 19.0 Å². The molecule has 126 valence electrons. The molecule has 0 radical (unpaired) electrons. The fraction of sp³-hybridized carbons (Fsp3) is 0.0500. The number of halogens is 1. The number of carbonyl (C=O) groups excluding carboxylic acids is 1. The predicted molar refractivity (Wildman–Crippen MR) is 95.4 cm³/mol. The average molecular weight is 355 g/mol. The number of benzene rings is 3. The molecule has 0 saturated carbocycles. The van der Waals surface area contributed by atoms with Crippen molar-refractivity contribution in [3.05, 3.63) is 89.4 Å². The Labute approximate surface area is 150 Å². The summed E-state index contributed by atoms with van der Waals surface area (Å²) < 4.78 is 16.4. The Kier molecular flexibility index (Phi) is 5.54. The zero-order valence-corrected chi connectivity index (χ0v) is 14.0. The quantitative estimate of drug-likeness (QED) is 0.356. The lowest BCUT2D eigenvalue weighted by atomic mass is 10.2. The van der Waals surface area contributed by atoms with Gasteiger partial charge in [0, 0.05) is 5.02 Å². The summed E-state index contributed by atoms with van der Waals surface area (Å²) in [4.78, 5) is 12.3. The van der Waals surface area contributed by atoms with Crippen molar-refractivity contribution in [2.75, 3.05) is 6.79 Å². The zero-order chi connectivity index (χ0) is 17.5. The van der Waals surface area contributed by atoms with Crippen LogP contribution in [0.1, 0.15) is 10.4 Å². The molecule has 0 aliphatic rings. The standard InChI is InChI=1S/C20H15ClO4/c21-15-10-12-16(13-11-15)23-14-24-19-9-5-4-8-18(19)20(22)25-17-6-2-1-3-7-17/h1-13H,14H2. The second-order valence-corrected chi connectivity index (χ2v) is 5.50. The molecule has 0 spiro atoms. The van der Waals surface area contributed by atoms with Gasteiger partial charge in [0.15, 0.2) is 0 Å². The zero-order valence-electron chi connectivity index (χ0n) is 13.2. The lowest BCUT2D eigenvalue weighted by molar-refractivity contribution is 0.0719. The summed E-state index contributed by atoms with van der Waals surface area (Å²) in [5.41, 5.74) is 0.325. The van der Waals surface area contributed by atoms with Crippen LogP contribution >= 0.6 is 11.6 Å². The summed E-state index contributed by atoms with van der Waals surface area (Å²) in [5, 5.41) is 0.627. The summed E-state index contributed by atoms with van der Waals surface area (Å²) in [5.74, 6) is 0.985. The van der Waals surface area contributed by atoms with Crippen LogP contribution in [0.4, 0.5) is 0 Å². The Hall–Kier alpha value is -2.98. The lowest BCUT2D eigenvalue weighted by Crippen LogP contribution is -2.13. The van der Waals surface area contributed by atoms with Crippen LogP contribution in [0.5, 0.6) is 17.2 Å². The second kappa shape index (κ2) is 8.22. The van der Waals surface area contributed by atoms with E-state index >= 15 is 0 Å². The minimum Gasteiger partial charge on any atom is -0.458 e. The van der Waals surface area contributed by atoms with Gasteiger partial charge in [-0.05, 0) is 48.5 Å². The highest BCUT2D eigenvalue weighted by Crippen LogP contribution is 2.21. The fourth-order valence-corrected chi connectivity index (χ4v) is 2.23. The number of carbonyl (C=O) groups is 1. The fourth-order valence-electron chi connectivity index (χ4n) is 2.10. The van der Waals surface area contributed by atoms with Crippen molar-refractivity contribution in [1.29, 1.82) is 0 Å². The highest BCUT2D eigenvalue weighted by atomic mass is 35.5. The molecule has 3 aromatic carbocycles. The molecule has 0 unspecified atom stereocenters. The first kappa shape index (κ1) is 16.9. The number of hydrogen-bond acceptors (Lipinski definition) is 4. The minimum absolute atomic E-state index is 0.0444. The van der Waals surface area contributed by atoms with Crippen LogP contribution in [0.3, 0.4) is 0 Å². The lowest BCUT2D eigenvalue weighted by Gasteiger charge is -2.12. The molecule has 0 fully saturated rings. The Morgan fingerprint density at radius 3 is 2.20 bits per heavy atom. The maximum Gasteiger partial charge on any atom is 0.347 e. The van der Waals surface area contributed by atoms with E-state index in [9.17, 15) is 4.79 Å². The van der Waals surface area contributed by atoms with Crippen LogP contribution < -0.4 is 14.2 Å². The van der Waals surface area contributed by atoms with E-state index in [0.717, 1.165) is 0 Å². The van der Waals surface area contributed by atoms with E-state index in [1.54, 1.807) is 72.8 Å². The van der Waals surface area contributed by atoms with Gasteiger partial charge in [0.1, 0.15) is 22.8 Å². The first-order chi connectivity index (χ1) is 12.2. The number of esters is 1. The number of para-hydroxylation sites is 2. The Balaban J connectivity index is 1.64. The van der Waals surface area contributed by atoms with E-state index in [2.05, 4.69) is 0 Å². The summed E-state index contributed by atoms with van der Waals surface area (Å²) in [7, 11) is 0. The van der Waals surface area contributed by atoms with Crippen molar-refractivity contribution in [3.8, 4) is 17.2 Å². The van der Waals surface area contributed by atoms with Crippen LogP contribution in [-0.4, -0.2) is 12.8 Å². The third kappa shape index (κ3) is 4.75. The van der Waals surface area contributed by atoms with Crippen LogP contribution in [0.15, 0.2) is 78.9 Å². The van der Waals surface area contributed by atoms with E-state index in [1.807, 2.05) is 6.07 Å².